The van der Waals surface area contributed by atoms with Gasteiger partial charge in [-0.15, -0.1) is 0 Å². The summed E-state index contributed by atoms with van der Waals surface area (Å²) < 4.78 is 1.83. The summed E-state index contributed by atoms with van der Waals surface area (Å²) in [6.07, 6.45) is 3.74. The number of carbonyl (C=O) groups is 1. The Labute approximate surface area is 117 Å². The molecule has 5 heteroatoms. The average molecular weight is 273 g/mol. The fourth-order valence-corrected chi connectivity index (χ4v) is 2.88. The summed E-state index contributed by atoms with van der Waals surface area (Å²) in [6, 6.07) is 7.73. The van der Waals surface area contributed by atoms with E-state index in [1.54, 1.807) is 0 Å². The zero-order valence-electron chi connectivity index (χ0n) is 11.5. The van der Waals surface area contributed by atoms with Crippen LogP contribution in [0.4, 0.5) is 0 Å². The van der Waals surface area contributed by atoms with Crippen molar-refractivity contribution in [3.05, 3.63) is 30.1 Å². The lowest BCUT2D eigenvalue weighted by atomic mass is 10.1. The number of para-hydroxylation sites is 2. The number of rotatable bonds is 4. The molecule has 1 N–H and O–H groups in total. The van der Waals surface area contributed by atoms with Crippen molar-refractivity contribution in [2.75, 3.05) is 13.1 Å². The topological polar surface area (TPSA) is 58.4 Å². The Morgan fingerprint density at radius 1 is 1.20 bits per heavy atom. The minimum Gasteiger partial charge on any atom is -0.480 e. The minimum absolute atomic E-state index is 0.0241. The Kier molecular flexibility index (Phi) is 3.69. The summed E-state index contributed by atoms with van der Waals surface area (Å²) in [4.78, 5) is 18.1. The molecule has 1 aliphatic heterocycles. The number of imidazole rings is 1. The lowest BCUT2D eigenvalue weighted by Crippen LogP contribution is -2.30. The molecule has 0 amide bonds. The van der Waals surface area contributed by atoms with Gasteiger partial charge in [0.25, 0.3) is 0 Å². The Hall–Kier alpha value is -1.88. The molecular weight excluding hydrogens is 254 g/mol. The van der Waals surface area contributed by atoms with Crippen molar-refractivity contribution in [2.24, 2.45) is 0 Å². The first-order valence-electron chi connectivity index (χ1n) is 7.12. The van der Waals surface area contributed by atoms with Crippen molar-refractivity contribution in [1.29, 1.82) is 0 Å². The summed E-state index contributed by atoms with van der Waals surface area (Å²) >= 11 is 0. The highest BCUT2D eigenvalue weighted by atomic mass is 16.4. The van der Waals surface area contributed by atoms with E-state index in [0.717, 1.165) is 36.5 Å². The Bertz CT molecular complexity index is 615. The van der Waals surface area contributed by atoms with Gasteiger partial charge in [-0.25, -0.2) is 4.98 Å². The van der Waals surface area contributed by atoms with Gasteiger partial charge in [0, 0.05) is 0 Å². The van der Waals surface area contributed by atoms with Crippen LogP contribution in [0.3, 0.4) is 0 Å². The quantitative estimate of drug-likeness (QED) is 0.927. The molecule has 1 aliphatic rings. The first-order valence-corrected chi connectivity index (χ1v) is 7.12. The SMILES string of the molecule is O=C(O)Cn1c(CN2CCCCC2)nc2ccccc21. The Morgan fingerprint density at radius 2 is 1.95 bits per heavy atom. The molecule has 0 radical (unpaired) electrons. The highest BCUT2D eigenvalue weighted by Crippen LogP contribution is 2.19. The van der Waals surface area contributed by atoms with E-state index in [9.17, 15) is 4.79 Å². The summed E-state index contributed by atoms with van der Waals surface area (Å²) in [5.41, 5.74) is 1.78. The summed E-state index contributed by atoms with van der Waals surface area (Å²) in [7, 11) is 0. The van der Waals surface area contributed by atoms with Crippen molar-refractivity contribution in [2.45, 2.75) is 32.4 Å². The number of hydrogen-bond acceptors (Lipinski definition) is 3. The maximum Gasteiger partial charge on any atom is 0.323 e. The molecule has 2 heterocycles. The monoisotopic (exact) mass is 273 g/mol. The van der Waals surface area contributed by atoms with Gasteiger partial charge < -0.3 is 9.67 Å². The lowest BCUT2D eigenvalue weighted by molar-refractivity contribution is -0.137. The number of aromatic nitrogens is 2. The third-order valence-corrected chi connectivity index (χ3v) is 3.84. The van der Waals surface area contributed by atoms with Crippen LogP contribution in [0.1, 0.15) is 25.1 Å². The van der Waals surface area contributed by atoms with Crippen LogP contribution in [-0.4, -0.2) is 38.6 Å². The van der Waals surface area contributed by atoms with Crippen LogP contribution in [0.2, 0.25) is 0 Å². The fourth-order valence-electron chi connectivity index (χ4n) is 2.88. The van der Waals surface area contributed by atoms with Crippen molar-refractivity contribution >= 4 is 17.0 Å². The van der Waals surface area contributed by atoms with Gasteiger partial charge in [0.2, 0.25) is 0 Å². The molecule has 0 unspecified atom stereocenters. The second-order valence-corrected chi connectivity index (χ2v) is 5.33. The largest absolute Gasteiger partial charge is 0.480 e. The van der Waals surface area contributed by atoms with Crippen molar-refractivity contribution in [3.8, 4) is 0 Å². The molecule has 1 aromatic carbocycles. The van der Waals surface area contributed by atoms with Crippen molar-refractivity contribution in [3.63, 3.8) is 0 Å². The van der Waals surface area contributed by atoms with Gasteiger partial charge in [-0.2, -0.15) is 0 Å². The van der Waals surface area contributed by atoms with Crippen LogP contribution in [-0.2, 0) is 17.9 Å². The van der Waals surface area contributed by atoms with E-state index in [1.165, 1.54) is 19.3 Å². The van der Waals surface area contributed by atoms with E-state index in [1.807, 2.05) is 28.8 Å². The molecule has 0 bridgehead atoms. The maximum atomic E-state index is 11.1. The van der Waals surface area contributed by atoms with E-state index in [4.69, 9.17) is 5.11 Å². The van der Waals surface area contributed by atoms with Crippen LogP contribution >= 0.6 is 0 Å². The Morgan fingerprint density at radius 3 is 2.70 bits per heavy atom. The number of fused-ring (bicyclic) bond motifs is 1. The third kappa shape index (κ3) is 2.67. The minimum atomic E-state index is -0.826. The molecule has 5 nitrogen and oxygen atoms in total. The third-order valence-electron chi connectivity index (χ3n) is 3.84. The molecule has 20 heavy (non-hydrogen) atoms. The number of hydrogen-bond donors (Lipinski definition) is 1. The standard InChI is InChI=1S/C15H19N3O2/c19-15(20)11-18-13-7-3-2-6-12(13)16-14(18)10-17-8-4-1-5-9-17/h2-3,6-7H,1,4-5,8-11H2,(H,19,20). The molecule has 0 spiro atoms. The van der Waals surface area contributed by atoms with Crippen LogP contribution in [0.5, 0.6) is 0 Å². The fraction of sp³-hybridized carbons (Fsp3) is 0.467. The van der Waals surface area contributed by atoms with Crippen molar-refractivity contribution in [1.82, 2.24) is 14.5 Å². The van der Waals surface area contributed by atoms with Crippen molar-refractivity contribution < 1.29 is 9.90 Å². The number of carboxylic acids is 1. The average Bonchev–Trinajstić information content (AvgIpc) is 2.78. The van der Waals surface area contributed by atoms with Gasteiger partial charge in [-0.3, -0.25) is 9.69 Å². The number of piperidine rings is 1. The lowest BCUT2D eigenvalue weighted by Gasteiger charge is -2.26. The second kappa shape index (κ2) is 5.63. The summed E-state index contributed by atoms with van der Waals surface area (Å²) in [5.74, 6) is 0.0311. The van der Waals surface area contributed by atoms with Gasteiger partial charge in [0.1, 0.15) is 12.4 Å². The smallest absolute Gasteiger partial charge is 0.323 e. The molecule has 3 rings (SSSR count). The Balaban J connectivity index is 1.93. The highest BCUT2D eigenvalue weighted by Gasteiger charge is 2.17. The summed E-state index contributed by atoms with van der Waals surface area (Å²) in [5, 5.41) is 9.11. The van der Waals surface area contributed by atoms with Crippen LogP contribution < -0.4 is 0 Å². The molecule has 0 atom stereocenters. The zero-order chi connectivity index (χ0) is 13.9. The summed E-state index contributed by atoms with van der Waals surface area (Å²) in [6.45, 7) is 2.87. The number of benzene rings is 1. The van der Waals surface area contributed by atoms with Crippen LogP contribution in [0, 0.1) is 0 Å². The first kappa shape index (κ1) is 13.1. The van der Waals surface area contributed by atoms with E-state index >= 15 is 0 Å². The first-order chi connectivity index (χ1) is 9.74. The molecule has 106 valence electrons. The van der Waals surface area contributed by atoms with Gasteiger partial charge in [-0.05, 0) is 38.1 Å². The molecule has 0 saturated carbocycles. The second-order valence-electron chi connectivity index (χ2n) is 5.33. The van der Waals surface area contributed by atoms with E-state index < -0.39 is 5.97 Å². The maximum absolute atomic E-state index is 11.1. The number of aliphatic carboxylic acids is 1. The zero-order valence-corrected chi connectivity index (χ0v) is 11.5. The molecule has 1 fully saturated rings. The van der Waals surface area contributed by atoms with E-state index in [0.29, 0.717) is 0 Å². The highest BCUT2D eigenvalue weighted by molar-refractivity contribution is 5.78. The normalized spacial score (nSPS) is 16.6. The van der Waals surface area contributed by atoms with Crippen LogP contribution in [0.15, 0.2) is 24.3 Å². The predicted octanol–water partition coefficient (Wildman–Crippen LogP) is 2.11. The van der Waals surface area contributed by atoms with Gasteiger partial charge >= 0.3 is 5.97 Å². The van der Waals surface area contributed by atoms with E-state index in [2.05, 4.69) is 9.88 Å². The van der Waals surface area contributed by atoms with E-state index in [-0.39, 0.29) is 6.54 Å². The number of likely N-dealkylation sites (tertiary alicyclic amines) is 1. The number of nitrogens with zero attached hydrogens (tertiary/aromatic N) is 3. The molecule has 0 aliphatic carbocycles. The molecule has 1 saturated heterocycles. The van der Waals surface area contributed by atoms with Gasteiger partial charge in [0.15, 0.2) is 0 Å². The molecule has 1 aromatic heterocycles. The van der Waals surface area contributed by atoms with Gasteiger partial charge in [-0.1, -0.05) is 18.6 Å². The predicted molar refractivity (Wildman–Crippen MR) is 76.5 cm³/mol. The molecule has 2 aromatic rings. The van der Waals surface area contributed by atoms with Gasteiger partial charge in [0.05, 0.1) is 17.6 Å². The molecular formula is C15H19N3O2. The van der Waals surface area contributed by atoms with Crippen LogP contribution in [0.25, 0.3) is 11.0 Å². The number of carboxylic acid groups (broad SMARTS) is 1.